The predicted octanol–water partition coefficient (Wildman–Crippen LogP) is 1.69. The molecule has 0 aromatic carbocycles. The van der Waals surface area contributed by atoms with Crippen LogP contribution in [-0.2, 0) is 9.59 Å². The predicted molar refractivity (Wildman–Crippen MR) is 82.7 cm³/mol. The van der Waals surface area contributed by atoms with Crippen LogP contribution in [0.3, 0.4) is 0 Å². The fraction of sp³-hybridized carbons (Fsp3) is 0.875. The Labute approximate surface area is 128 Å². The van der Waals surface area contributed by atoms with Gasteiger partial charge in [-0.2, -0.15) is 0 Å². The van der Waals surface area contributed by atoms with Gasteiger partial charge in [-0.25, -0.2) is 0 Å². The summed E-state index contributed by atoms with van der Waals surface area (Å²) >= 11 is 0. The van der Waals surface area contributed by atoms with Crippen molar-refractivity contribution in [2.24, 2.45) is 5.92 Å². The van der Waals surface area contributed by atoms with E-state index in [1.807, 2.05) is 20.8 Å². The van der Waals surface area contributed by atoms with Crippen LogP contribution < -0.4 is 5.32 Å². The summed E-state index contributed by atoms with van der Waals surface area (Å²) in [7, 11) is 0. The van der Waals surface area contributed by atoms with Crippen LogP contribution in [-0.4, -0.2) is 47.1 Å². The van der Waals surface area contributed by atoms with E-state index in [1.165, 1.54) is 0 Å². The topological polar surface area (TPSA) is 69.6 Å². The van der Waals surface area contributed by atoms with Crippen molar-refractivity contribution in [2.75, 3.05) is 13.1 Å². The van der Waals surface area contributed by atoms with Gasteiger partial charge >= 0.3 is 0 Å². The van der Waals surface area contributed by atoms with Gasteiger partial charge in [-0.1, -0.05) is 33.6 Å². The summed E-state index contributed by atoms with van der Waals surface area (Å²) in [6.07, 6.45) is 4.38. The number of nitrogens with zero attached hydrogens (tertiary/aromatic N) is 1. The molecule has 1 aliphatic rings. The monoisotopic (exact) mass is 298 g/mol. The molecule has 1 aliphatic heterocycles. The molecule has 2 N–H and O–H groups in total. The maximum absolute atomic E-state index is 12.3. The molecule has 5 heteroatoms. The van der Waals surface area contributed by atoms with Crippen molar-refractivity contribution in [2.45, 2.75) is 71.4 Å². The van der Waals surface area contributed by atoms with E-state index in [0.717, 1.165) is 32.1 Å². The first-order valence-corrected chi connectivity index (χ1v) is 8.30. The summed E-state index contributed by atoms with van der Waals surface area (Å²) in [4.78, 5) is 25.9. The lowest BCUT2D eigenvalue weighted by Crippen LogP contribution is -2.53. The van der Waals surface area contributed by atoms with E-state index in [1.54, 1.807) is 4.90 Å². The van der Waals surface area contributed by atoms with Crippen LogP contribution in [0.2, 0.25) is 0 Å². The standard InChI is InChI=1S/C16H30N2O3/c1-4-12(5-2)14(19)11-17-16(21)13-9-7-8-10-18(13)15(20)6-3/h12-14,19H,4-11H2,1-3H3,(H,17,21). The first kappa shape index (κ1) is 18.0. The second kappa shape index (κ2) is 9.03. The molecule has 0 aromatic rings. The van der Waals surface area contributed by atoms with E-state index < -0.39 is 6.10 Å². The molecule has 0 aliphatic carbocycles. The van der Waals surface area contributed by atoms with E-state index in [4.69, 9.17) is 0 Å². The fourth-order valence-electron chi connectivity index (χ4n) is 3.03. The number of likely N-dealkylation sites (tertiary alicyclic amines) is 1. The van der Waals surface area contributed by atoms with Gasteiger partial charge in [-0.15, -0.1) is 0 Å². The molecule has 0 saturated carbocycles. The lowest BCUT2D eigenvalue weighted by molar-refractivity contribution is -0.142. The molecule has 5 nitrogen and oxygen atoms in total. The third-order valence-corrected chi connectivity index (χ3v) is 4.51. The lowest BCUT2D eigenvalue weighted by Gasteiger charge is -2.35. The smallest absolute Gasteiger partial charge is 0.242 e. The minimum Gasteiger partial charge on any atom is -0.391 e. The zero-order chi connectivity index (χ0) is 15.8. The maximum atomic E-state index is 12.3. The Morgan fingerprint density at radius 2 is 1.90 bits per heavy atom. The number of nitrogens with one attached hydrogen (secondary N) is 1. The highest BCUT2D eigenvalue weighted by atomic mass is 16.3. The molecule has 1 fully saturated rings. The highest BCUT2D eigenvalue weighted by molar-refractivity contribution is 5.87. The number of aliphatic hydroxyl groups is 1. The number of amides is 2. The number of hydrogen-bond acceptors (Lipinski definition) is 3. The lowest BCUT2D eigenvalue weighted by atomic mass is 9.96. The Hall–Kier alpha value is -1.10. The second-order valence-corrected chi connectivity index (χ2v) is 5.84. The SMILES string of the molecule is CCC(=O)N1CCCCC1C(=O)NCC(O)C(CC)CC. The Bertz CT molecular complexity index is 342. The van der Waals surface area contributed by atoms with E-state index in [0.29, 0.717) is 13.0 Å². The fourth-order valence-corrected chi connectivity index (χ4v) is 3.03. The van der Waals surface area contributed by atoms with Crippen LogP contribution in [0.4, 0.5) is 0 Å². The normalized spacial score (nSPS) is 20.4. The summed E-state index contributed by atoms with van der Waals surface area (Å²) in [6, 6.07) is -0.361. The number of hydrogen-bond donors (Lipinski definition) is 2. The van der Waals surface area contributed by atoms with Gasteiger partial charge in [0.05, 0.1) is 6.10 Å². The molecule has 2 atom stereocenters. The van der Waals surface area contributed by atoms with Crippen molar-refractivity contribution in [1.82, 2.24) is 10.2 Å². The van der Waals surface area contributed by atoms with Crippen LogP contribution in [0.25, 0.3) is 0 Å². The molecule has 122 valence electrons. The van der Waals surface area contributed by atoms with Crippen molar-refractivity contribution in [3.63, 3.8) is 0 Å². The molecular formula is C16H30N2O3. The van der Waals surface area contributed by atoms with Gasteiger partial charge < -0.3 is 15.3 Å². The second-order valence-electron chi connectivity index (χ2n) is 5.84. The molecule has 2 amide bonds. The van der Waals surface area contributed by atoms with E-state index >= 15 is 0 Å². The summed E-state index contributed by atoms with van der Waals surface area (Å²) < 4.78 is 0. The summed E-state index contributed by atoms with van der Waals surface area (Å²) in [6.45, 7) is 6.85. The molecular weight excluding hydrogens is 268 g/mol. The minimum atomic E-state index is -0.511. The quantitative estimate of drug-likeness (QED) is 0.751. The first-order chi connectivity index (χ1) is 10.0. The number of carbonyl (C=O) groups is 2. The molecule has 2 unspecified atom stereocenters. The van der Waals surface area contributed by atoms with Crippen LogP contribution in [0.1, 0.15) is 59.3 Å². The number of carbonyl (C=O) groups excluding carboxylic acids is 2. The largest absolute Gasteiger partial charge is 0.391 e. The third kappa shape index (κ3) is 4.99. The maximum Gasteiger partial charge on any atom is 0.242 e. The van der Waals surface area contributed by atoms with Crippen LogP contribution >= 0.6 is 0 Å². The van der Waals surface area contributed by atoms with Crippen molar-refractivity contribution < 1.29 is 14.7 Å². The van der Waals surface area contributed by atoms with Crippen molar-refractivity contribution in [1.29, 1.82) is 0 Å². The van der Waals surface area contributed by atoms with Gasteiger partial charge in [0.1, 0.15) is 6.04 Å². The van der Waals surface area contributed by atoms with Gasteiger partial charge in [0.25, 0.3) is 0 Å². The molecule has 0 bridgehead atoms. The Balaban J connectivity index is 2.54. The summed E-state index contributed by atoms with van der Waals surface area (Å²) in [5.74, 6) is 0.127. The molecule has 0 aromatic heterocycles. The zero-order valence-electron chi connectivity index (χ0n) is 13.6. The zero-order valence-corrected chi connectivity index (χ0v) is 13.6. The van der Waals surface area contributed by atoms with Crippen molar-refractivity contribution >= 4 is 11.8 Å². The number of piperidine rings is 1. The molecule has 1 heterocycles. The molecule has 0 radical (unpaired) electrons. The summed E-state index contributed by atoms with van der Waals surface area (Å²) in [5.41, 5.74) is 0. The summed E-state index contributed by atoms with van der Waals surface area (Å²) in [5, 5.41) is 12.9. The van der Waals surface area contributed by atoms with E-state index in [9.17, 15) is 14.7 Å². The van der Waals surface area contributed by atoms with Crippen LogP contribution in [0.15, 0.2) is 0 Å². The minimum absolute atomic E-state index is 0.0374. The highest BCUT2D eigenvalue weighted by Gasteiger charge is 2.31. The van der Waals surface area contributed by atoms with Gasteiger partial charge in [-0.3, -0.25) is 9.59 Å². The average Bonchev–Trinajstić information content (AvgIpc) is 2.52. The molecule has 21 heavy (non-hydrogen) atoms. The van der Waals surface area contributed by atoms with E-state index in [-0.39, 0.29) is 30.3 Å². The number of aliphatic hydroxyl groups excluding tert-OH is 1. The van der Waals surface area contributed by atoms with Crippen LogP contribution in [0, 0.1) is 5.92 Å². The average molecular weight is 298 g/mol. The molecule has 1 saturated heterocycles. The van der Waals surface area contributed by atoms with Gasteiger partial charge in [0.15, 0.2) is 0 Å². The van der Waals surface area contributed by atoms with Gasteiger partial charge in [0.2, 0.25) is 11.8 Å². The Morgan fingerprint density at radius 3 is 2.48 bits per heavy atom. The third-order valence-electron chi connectivity index (χ3n) is 4.51. The number of rotatable bonds is 7. The molecule has 0 spiro atoms. The van der Waals surface area contributed by atoms with Crippen molar-refractivity contribution in [3.8, 4) is 0 Å². The first-order valence-electron chi connectivity index (χ1n) is 8.30. The van der Waals surface area contributed by atoms with E-state index in [2.05, 4.69) is 5.32 Å². The molecule has 1 rings (SSSR count). The Kier molecular flexibility index (Phi) is 7.72. The van der Waals surface area contributed by atoms with Crippen molar-refractivity contribution in [3.05, 3.63) is 0 Å². The highest BCUT2D eigenvalue weighted by Crippen LogP contribution is 2.18. The Morgan fingerprint density at radius 1 is 1.24 bits per heavy atom. The van der Waals surface area contributed by atoms with Gasteiger partial charge in [-0.05, 0) is 25.2 Å². The van der Waals surface area contributed by atoms with Gasteiger partial charge in [0, 0.05) is 19.5 Å². The van der Waals surface area contributed by atoms with Crippen LogP contribution in [0.5, 0.6) is 0 Å².